The number of hydrogen-bond acceptors (Lipinski definition) is 5. The number of anilines is 1. The van der Waals surface area contributed by atoms with Gasteiger partial charge >= 0.3 is 0 Å². The molecule has 142 valence electrons. The van der Waals surface area contributed by atoms with Crippen molar-refractivity contribution < 1.29 is 12.8 Å². The summed E-state index contributed by atoms with van der Waals surface area (Å²) >= 11 is 6.15. The second-order valence-electron chi connectivity index (χ2n) is 6.56. The van der Waals surface area contributed by atoms with Gasteiger partial charge in [0.15, 0.2) is 5.58 Å². The van der Waals surface area contributed by atoms with E-state index < -0.39 is 10.0 Å². The maximum absolute atomic E-state index is 12.8. The number of halogens is 1. The minimum absolute atomic E-state index is 0.253. The van der Waals surface area contributed by atoms with Crippen LogP contribution in [0.25, 0.3) is 11.1 Å². The number of hydrogen-bond donors (Lipinski definition) is 1. The second kappa shape index (κ2) is 7.50. The summed E-state index contributed by atoms with van der Waals surface area (Å²) in [5, 5.41) is 3.75. The molecule has 1 saturated heterocycles. The van der Waals surface area contributed by atoms with Crippen molar-refractivity contribution >= 4 is 38.7 Å². The minimum Gasteiger partial charge on any atom is -0.424 e. The van der Waals surface area contributed by atoms with Crippen LogP contribution in [0.2, 0.25) is 5.02 Å². The molecule has 1 fully saturated rings. The molecular weight excluding hydrogens is 386 g/mol. The van der Waals surface area contributed by atoms with Crippen LogP contribution in [0.3, 0.4) is 0 Å². The van der Waals surface area contributed by atoms with Gasteiger partial charge in [0, 0.05) is 24.7 Å². The summed E-state index contributed by atoms with van der Waals surface area (Å²) < 4.78 is 32.9. The number of benzene rings is 2. The number of oxazole rings is 1. The molecule has 0 radical (unpaired) electrons. The first-order valence-corrected chi connectivity index (χ1v) is 10.7. The molecule has 6 nitrogen and oxygen atoms in total. The van der Waals surface area contributed by atoms with Crippen molar-refractivity contribution in [3.05, 3.63) is 53.1 Å². The van der Waals surface area contributed by atoms with Crippen molar-refractivity contribution in [3.63, 3.8) is 0 Å². The quantitative estimate of drug-likeness (QED) is 0.686. The summed E-state index contributed by atoms with van der Waals surface area (Å²) in [6.45, 7) is 1.61. The lowest BCUT2D eigenvalue weighted by Crippen LogP contribution is -2.35. The third kappa shape index (κ3) is 3.81. The average molecular weight is 406 g/mol. The van der Waals surface area contributed by atoms with E-state index in [0.29, 0.717) is 41.8 Å². The van der Waals surface area contributed by atoms with Crippen LogP contribution in [-0.2, 0) is 16.6 Å². The Balaban J connectivity index is 1.56. The number of sulfonamides is 1. The van der Waals surface area contributed by atoms with E-state index in [0.717, 1.165) is 24.8 Å². The zero-order chi connectivity index (χ0) is 18.9. The first-order valence-electron chi connectivity index (χ1n) is 8.92. The predicted molar refractivity (Wildman–Crippen MR) is 105 cm³/mol. The summed E-state index contributed by atoms with van der Waals surface area (Å²) in [7, 11) is -3.49. The van der Waals surface area contributed by atoms with E-state index in [1.54, 1.807) is 22.5 Å². The molecule has 0 aliphatic carbocycles. The number of fused-ring (bicyclic) bond motifs is 1. The van der Waals surface area contributed by atoms with Crippen LogP contribution in [0.5, 0.6) is 0 Å². The van der Waals surface area contributed by atoms with Crippen LogP contribution in [0, 0.1) is 0 Å². The van der Waals surface area contributed by atoms with Gasteiger partial charge in [-0.25, -0.2) is 8.42 Å². The highest BCUT2D eigenvalue weighted by molar-refractivity contribution is 7.89. The maximum atomic E-state index is 12.8. The Hall–Kier alpha value is -2.09. The van der Waals surface area contributed by atoms with E-state index in [2.05, 4.69) is 10.3 Å². The molecule has 4 rings (SSSR count). The van der Waals surface area contributed by atoms with E-state index in [-0.39, 0.29) is 4.90 Å². The van der Waals surface area contributed by atoms with Gasteiger partial charge in [-0.3, -0.25) is 0 Å². The monoisotopic (exact) mass is 405 g/mol. The lowest BCUT2D eigenvalue weighted by molar-refractivity contribution is 0.346. The molecule has 0 amide bonds. The molecule has 3 aromatic rings. The molecule has 2 aromatic carbocycles. The van der Waals surface area contributed by atoms with E-state index >= 15 is 0 Å². The summed E-state index contributed by atoms with van der Waals surface area (Å²) in [5.74, 6) is 0. The van der Waals surface area contributed by atoms with Crippen molar-refractivity contribution in [2.75, 3.05) is 18.4 Å². The number of nitrogens with one attached hydrogen (secondary N) is 1. The molecule has 8 heteroatoms. The third-order valence-electron chi connectivity index (χ3n) is 4.70. The second-order valence-corrected chi connectivity index (χ2v) is 8.90. The maximum Gasteiger partial charge on any atom is 0.295 e. The largest absolute Gasteiger partial charge is 0.424 e. The normalized spacial score (nSPS) is 15.9. The summed E-state index contributed by atoms with van der Waals surface area (Å²) in [6.07, 6.45) is 2.89. The van der Waals surface area contributed by atoms with Gasteiger partial charge in [0.25, 0.3) is 6.01 Å². The van der Waals surface area contributed by atoms with E-state index in [1.807, 2.05) is 24.3 Å². The van der Waals surface area contributed by atoms with Gasteiger partial charge < -0.3 is 9.73 Å². The van der Waals surface area contributed by atoms with Crippen LogP contribution >= 0.6 is 11.6 Å². The Kier molecular flexibility index (Phi) is 5.08. The summed E-state index contributed by atoms with van der Waals surface area (Å²) in [4.78, 5) is 4.63. The molecule has 1 aliphatic rings. The summed E-state index contributed by atoms with van der Waals surface area (Å²) in [6, 6.07) is 12.7. The molecule has 0 saturated carbocycles. The van der Waals surface area contributed by atoms with Gasteiger partial charge in [0.1, 0.15) is 5.52 Å². The topological polar surface area (TPSA) is 75.4 Å². The number of aromatic nitrogens is 1. The first-order chi connectivity index (χ1) is 13.0. The highest BCUT2D eigenvalue weighted by Crippen LogP contribution is 2.26. The van der Waals surface area contributed by atoms with E-state index in [4.69, 9.17) is 16.0 Å². The molecule has 1 aromatic heterocycles. The van der Waals surface area contributed by atoms with E-state index in [1.165, 1.54) is 0 Å². The lowest BCUT2D eigenvalue weighted by Gasteiger charge is -2.25. The Morgan fingerprint density at radius 1 is 1.11 bits per heavy atom. The van der Waals surface area contributed by atoms with Crippen molar-refractivity contribution in [3.8, 4) is 0 Å². The molecule has 0 atom stereocenters. The van der Waals surface area contributed by atoms with Gasteiger partial charge in [-0.1, -0.05) is 36.2 Å². The Bertz CT molecular complexity index is 1060. The van der Waals surface area contributed by atoms with Gasteiger partial charge in [-0.05, 0) is 42.7 Å². The zero-order valence-electron chi connectivity index (χ0n) is 14.7. The van der Waals surface area contributed by atoms with Crippen LogP contribution in [0.4, 0.5) is 6.01 Å². The molecule has 27 heavy (non-hydrogen) atoms. The fourth-order valence-corrected chi connectivity index (χ4v) is 4.95. The number of piperidine rings is 1. The number of rotatable bonds is 5. The standard InChI is InChI=1S/C19H20ClN3O3S/c20-16-7-3-2-6-14(16)13-21-19-22-17-12-15(8-9-18(17)26-19)27(24,25)23-10-4-1-5-11-23/h2-3,6-9,12H,1,4-5,10-11,13H2,(H,21,22). The van der Waals surface area contributed by atoms with Gasteiger partial charge in [-0.15, -0.1) is 0 Å². The van der Waals surface area contributed by atoms with Crippen molar-refractivity contribution in [2.24, 2.45) is 0 Å². The van der Waals surface area contributed by atoms with Crippen molar-refractivity contribution in [2.45, 2.75) is 30.7 Å². The van der Waals surface area contributed by atoms with Crippen LogP contribution in [0.15, 0.2) is 51.8 Å². The fraction of sp³-hybridized carbons (Fsp3) is 0.316. The van der Waals surface area contributed by atoms with Gasteiger partial charge in [-0.2, -0.15) is 9.29 Å². The molecule has 0 bridgehead atoms. The SMILES string of the molecule is O=S(=O)(c1ccc2oc(NCc3ccccc3Cl)nc2c1)N1CCCCC1. The molecule has 0 unspecified atom stereocenters. The van der Waals surface area contributed by atoms with Crippen LogP contribution < -0.4 is 5.32 Å². The van der Waals surface area contributed by atoms with Crippen molar-refractivity contribution in [1.29, 1.82) is 0 Å². The van der Waals surface area contributed by atoms with Gasteiger partial charge in [0.05, 0.1) is 4.90 Å². The Labute approximate surface area is 163 Å². The third-order valence-corrected chi connectivity index (χ3v) is 6.96. The van der Waals surface area contributed by atoms with Crippen molar-refractivity contribution in [1.82, 2.24) is 9.29 Å². The highest BCUT2D eigenvalue weighted by Gasteiger charge is 2.26. The smallest absolute Gasteiger partial charge is 0.295 e. The zero-order valence-corrected chi connectivity index (χ0v) is 16.3. The van der Waals surface area contributed by atoms with E-state index in [9.17, 15) is 8.42 Å². The van der Waals surface area contributed by atoms with Gasteiger partial charge in [0.2, 0.25) is 10.0 Å². The first kappa shape index (κ1) is 18.3. The number of nitrogens with zero attached hydrogens (tertiary/aromatic N) is 2. The Morgan fingerprint density at radius 3 is 2.67 bits per heavy atom. The predicted octanol–water partition coefficient (Wildman–Crippen LogP) is 4.27. The molecule has 0 spiro atoms. The molecule has 2 heterocycles. The summed E-state index contributed by atoms with van der Waals surface area (Å²) in [5.41, 5.74) is 1.97. The molecule has 1 aliphatic heterocycles. The fourth-order valence-electron chi connectivity index (χ4n) is 3.21. The van der Waals surface area contributed by atoms with Crippen LogP contribution in [0.1, 0.15) is 24.8 Å². The molecule has 1 N–H and O–H groups in total. The minimum atomic E-state index is -3.49. The Morgan fingerprint density at radius 2 is 1.89 bits per heavy atom. The highest BCUT2D eigenvalue weighted by atomic mass is 35.5. The average Bonchev–Trinajstić information content (AvgIpc) is 3.10. The lowest BCUT2D eigenvalue weighted by atomic mass is 10.2. The molecular formula is C19H20ClN3O3S. The van der Waals surface area contributed by atoms with Crippen LogP contribution in [-0.4, -0.2) is 30.8 Å².